The van der Waals surface area contributed by atoms with Gasteiger partial charge < -0.3 is 0 Å². The Labute approximate surface area is 209 Å². The zero-order valence-corrected chi connectivity index (χ0v) is 22.8. The summed E-state index contributed by atoms with van der Waals surface area (Å²) < 4.78 is 32.9. The molecular weight excluding hydrogens is 517 g/mol. The Morgan fingerprint density at radius 1 is 1.06 bits per heavy atom. The van der Waals surface area contributed by atoms with Gasteiger partial charge in [-0.3, -0.25) is 0 Å². The van der Waals surface area contributed by atoms with Crippen LogP contribution in [0.4, 0.5) is 4.79 Å². The van der Waals surface area contributed by atoms with Gasteiger partial charge in [-0.1, -0.05) is 0 Å². The second-order valence-corrected chi connectivity index (χ2v) is 15.9. The molecule has 0 saturated carbocycles. The van der Waals surface area contributed by atoms with E-state index in [0.717, 1.165) is 17.3 Å². The molecule has 3 rings (SSSR count). The normalized spacial score (nSPS) is 19.8. The minimum absolute atomic E-state index is 0.177. The molecule has 2 unspecified atom stereocenters. The molecule has 0 aromatic heterocycles. The van der Waals surface area contributed by atoms with Crippen molar-refractivity contribution in [2.75, 3.05) is 6.54 Å². The maximum atomic E-state index is 13.9. The predicted molar refractivity (Wildman–Crippen MR) is 135 cm³/mol. The van der Waals surface area contributed by atoms with Gasteiger partial charge in [0.2, 0.25) is 0 Å². The molecule has 1 saturated heterocycles. The molecule has 3 atom stereocenters. The van der Waals surface area contributed by atoms with E-state index in [1.54, 1.807) is 42.2 Å². The van der Waals surface area contributed by atoms with Crippen molar-refractivity contribution in [2.45, 2.75) is 79.7 Å². The van der Waals surface area contributed by atoms with Crippen molar-refractivity contribution in [2.24, 2.45) is 0 Å². The summed E-state index contributed by atoms with van der Waals surface area (Å²) in [6.07, 6.45) is 1.09. The number of amides is 1. The third kappa shape index (κ3) is 6.22. The van der Waals surface area contributed by atoms with Crippen LogP contribution in [0.3, 0.4) is 0 Å². The van der Waals surface area contributed by atoms with E-state index in [0.29, 0.717) is 13.0 Å². The van der Waals surface area contributed by atoms with Gasteiger partial charge in [0.25, 0.3) is 0 Å². The molecule has 0 bridgehead atoms. The van der Waals surface area contributed by atoms with Crippen molar-refractivity contribution in [3.63, 3.8) is 0 Å². The molecule has 0 aliphatic carbocycles. The van der Waals surface area contributed by atoms with Crippen molar-refractivity contribution in [1.29, 1.82) is 0 Å². The van der Waals surface area contributed by atoms with Crippen molar-refractivity contribution in [3.8, 4) is 0 Å². The van der Waals surface area contributed by atoms with Gasteiger partial charge in [-0.2, -0.15) is 0 Å². The Balaban J connectivity index is 1.93. The van der Waals surface area contributed by atoms with E-state index in [4.69, 9.17) is 4.74 Å². The topological polar surface area (TPSA) is 83.9 Å². The first-order valence-corrected chi connectivity index (χ1v) is 14.8. The number of ether oxygens (including phenoxy) is 1. The van der Waals surface area contributed by atoms with E-state index in [1.807, 2.05) is 51.1 Å². The SMILES string of the molecule is CC(C)(C)OC(=O)N1CCCC[C@H]1CC(O)C(C)([Se]c1ccccc1)S(=O)(=O)c1ccccc1. The van der Waals surface area contributed by atoms with Crippen LogP contribution in [0.15, 0.2) is 65.6 Å². The fraction of sp³-hybridized carbons (Fsp3) is 0.500. The number of hydrogen-bond acceptors (Lipinski definition) is 5. The third-order valence-electron chi connectivity index (χ3n) is 6.01. The standard InChI is InChI=1S/C26H35NO5SSe/c1-25(2,3)32-24(29)27-18-12-11-13-20(27)19-23(28)26(4,34-22-16-9-6-10-17-22)33(30,31)21-14-7-5-8-15-21/h5-10,14-17,20,23,28H,11-13,18-19H2,1-4H3/t20-,23?,26?/m0/s1. The van der Waals surface area contributed by atoms with Crippen molar-refractivity contribution < 1.29 is 23.1 Å². The number of piperidine rings is 1. The number of hydrogen-bond donors (Lipinski definition) is 1. The van der Waals surface area contributed by atoms with Gasteiger partial charge in [-0.25, -0.2) is 0 Å². The van der Waals surface area contributed by atoms with Crippen LogP contribution in [-0.4, -0.2) is 67.4 Å². The first kappa shape index (κ1) is 26.7. The maximum absolute atomic E-state index is 13.9. The summed E-state index contributed by atoms with van der Waals surface area (Å²) in [5, 5.41) is 11.6. The zero-order valence-electron chi connectivity index (χ0n) is 20.3. The molecule has 1 aliphatic heterocycles. The number of sulfone groups is 1. The molecule has 186 valence electrons. The molecule has 2 aromatic rings. The number of rotatable bonds is 7. The van der Waals surface area contributed by atoms with Crippen molar-refractivity contribution in [3.05, 3.63) is 60.7 Å². The number of aliphatic hydroxyl groups is 1. The Morgan fingerprint density at radius 3 is 2.24 bits per heavy atom. The Bertz CT molecular complexity index is 1060. The minimum atomic E-state index is -3.87. The summed E-state index contributed by atoms with van der Waals surface area (Å²) >= 11 is -0.576. The van der Waals surface area contributed by atoms with Gasteiger partial charge in [0.05, 0.1) is 0 Å². The van der Waals surface area contributed by atoms with Crippen molar-refractivity contribution in [1.82, 2.24) is 4.90 Å². The molecular formula is C26H35NO5SSe. The van der Waals surface area contributed by atoms with E-state index in [-0.39, 0.29) is 17.4 Å². The van der Waals surface area contributed by atoms with Crippen LogP contribution in [0.25, 0.3) is 0 Å². The van der Waals surface area contributed by atoms with Crippen LogP contribution in [0, 0.1) is 0 Å². The molecule has 0 radical (unpaired) electrons. The number of carbonyl (C=O) groups excluding carboxylic acids is 1. The van der Waals surface area contributed by atoms with E-state index in [2.05, 4.69) is 0 Å². The van der Waals surface area contributed by atoms with Crippen LogP contribution in [0.5, 0.6) is 0 Å². The average Bonchev–Trinajstić information content (AvgIpc) is 2.79. The molecule has 1 amide bonds. The zero-order chi connectivity index (χ0) is 25.0. The summed E-state index contributed by atoms with van der Waals surface area (Å²) in [7, 11) is -3.87. The summed E-state index contributed by atoms with van der Waals surface area (Å²) in [6.45, 7) is 7.66. The molecule has 1 N–H and O–H groups in total. The second-order valence-electron chi connectivity index (χ2n) is 9.82. The molecule has 34 heavy (non-hydrogen) atoms. The Morgan fingerprint density at radius 2 is 1.65 bits per heavy atom. The van der Waals surface area contributed by atoms with Crippen molar-refractivity contribution >= 4 is 35.3 Å². The van der Waals surface area contributed by atoms with Crippen LogP contribution in [-0.2, 0) is 14.6 Å². The van der Waals surface area contributed by atoms with Gasteiger partial charge in [0, 0.05) is 0 Å². The number of likely N-dealkylation sites (tertiary alicyclic amines) is 1. The molecule has 8 heteroatoms. The first-order chi connectivity index (χ1) is 15.9. The molecule has 2 aromatic carbocycles. The Kier molecular flexibility index (Phi) is 8.51. The molecule has 1 aliphatic rings. The van der Waals surface area contributed by atoms with Gasteiger partial charge in [-0.05, 0) is 0 Å². The fourth-order valence-electron chi connectivity index (χ4n) is 4.14. The summed E-state index contributed by atoms with van der Waals surface area (Å²) in [5.74, 6) is 0. The predicted octanol–water partition coefficient (Wildman–Crippen LogP) is 3.75. The van der Waals surface area contributed by atoms with Gasteiger partial charge in [0.1, 0.15) is 0 Å². The summed E-state index contributed by atoms with van der Waals surface area (Å²) in [6, 6.07) is 17.5. The number of aliphatic hydroxyl groups excluding tert-OH is 1. The summed E-state index contributed by atoms with van der Waals surface area (Å²) in [4.78, 5) is 14.7. The fourth-order valence-corrected chi connectivity index (χ4v) is 9.56. The number of carbonyl (C=O) groups is 1. The van der Waals surface area contributed by atoms with Crippen LogP contribution in [0.1, 0.15) is 53.4 Å². The third-order valence-corrected chi connectivity index (χ3v) is 12.5. The van der Waals surface area contributed by atoms with E-state index >= 15 is 0 Å². The number of benzene rings is 2. The molecule has 6 nitrogen and oxygen atoms in total. The van der Waals surface area contributed by atoms with Crippen LogP contribution >= 0.6 is 0 Å². The van der Waals surface area contributed by atoms with Gasteiger partial charge >= 0.3 is 210 Å². The van der Waals surface area contributed by atoms with E-state index < -0.39 is 46.2 Å². The average molecular weight is 553 g/mol. The van der Waals surface area contributed by atoms with Crippen LogP contribution < -0.4 is 4.46 Å². The van der Waals surface area contributed by atoms with E-state index in [1.165, 1.54) is 0 Å². The second kappa shape index (κ2) is 10.8. The quantitative estimate of drug-likeness (QED) is 0.529. The van der Waals surface area contributed by atoms with Gasteiger partial charge in [0.15, 0.2) is 0 Å². The van der Waals surface area contributed by atoms with Crippen LogP contribution in [0.2, 0.25) is 0 Å². The molecule has 1 heterocycles. The summed E-state index contributed by atoms with van der Waals surface area (Å²) in [5.41, 5.74) is -0.626. The Hall–Kier alpha value is -1.86. The van der Waals surface area contributed by atoms with Gasteiger partial charge in [-0.15, -0.1) is 0 Å². The first-order valence-electron chi connectivity index (χ1n) is 11.7. The van der Waals surface area contributed by atoms with E-state index in [9.17, 15) is 18.3 Å². The molecule has 0 spiro atoms. The number of nitrogens with zero attached hydrogens (tertiary/aromatic N) is 1. The molecule has 1 fully saturated rings. The monoisotopic (exact) mass is 553 g/mol.